The Bertz CT molecular complexity index is 1970. The molecule has 0 radical (unpaired) electrons. The van der Waals surface area contributed by atoms with Crippen LogP contribution in [0.4, 0.5) is 19.0 Å². The van der Waals surface area contributed by atoms with Crippen molar-refractivity contribution in [3.63, 3.8) is 0 Å². The van der Waals surface area contributed by atoms with Crippen LogP contribution in [-0.4, -0.2) is 77.8 Å². The van der Waals surface area contributed by atoms with Crippen LogP contribution in [0, 0.1) is 6.92 Å². The molecule has 0 unspecified atom stereocenters. The third-order valence-electron chi connectivity index (χ3n) is 9.34. The number of rotatable bonds is 11. The second kappa shape index (κ2) is 14.5. The van der Waals surface area contributed by atoms with Crippen LogP contribution >= 0.6 is 0 Å². The number of halogens is 3. The molecule has 3 aromatic carbocycles. The number of likely N-dealkylation sites (N-methyl/N-ethyl adjacent to an activating group) is 2. The van der Waals surface area contributed by atoms with Gasteiger partial charge in [-0.15, -0.1) is 0 Å². The fourth-order valence-electron chi connectivity index (χ4n) is 6.54. The second-order valence-corrected chi connectivity index (χ2v) is 12.8. The lowest BCUT2D eigenvalue weighted by Crippen LogP contribution is -2.55. The monoisotopic (exact) mass is 704 g/mol. The highest BCUT2D eigenvalue weighted by Gasteiger charge is 2.45. The minimum atomic E-state index is -4.65. The number of aryl methyl sites for hydroxylation is 1. The number of fused-ring (bicyclic) bond motifs is 1. The van der Waals surface area contributed by atoms with E-state index < -0.39 is 35.5 Å². The van der Waals surface area contributed by atoms with Crippen LogP contribution in [0.1, 0.15) is 54.0 Å². The van der Waals surface area contributed by atoms with E-state index >= 15 is 0 Å². The third kappa shape index (κ3) is 7.31. The van der Waals surface area contributed by atoms with Crippen molar-refractivity contribution in [2.45, 2.75) is 44.6 Å². The first-order valence-electron chi connectivity index (χ1n) is 16.6. The number of nitrogens with one attached hydrogen (secondary N) is 2. The van der Waals surface area contributed by atoms with Crippen molar-refractivity contribution in [3.8, 4) is 5.69 Å². The quantitative estimate of drug-likeness (QED) is 0.200. The van der Waals surface area contributed by atoms with Crippen LogP contribution in [-0.2, 0) is 27.0 Å². The largest absolute Gasteiger partial charge is 0.416 e. The van der Waals surface area contributed by atoms with Gasteiger partial charge in [0.1, 0.15) is 11.9 Å². The Morgan fingerprint density at radius 3 is 2.45 bits per heavy atom. The summed E-state index contributed by atoms with van der Waals surface area (Å²) in [6, 6.07) is 19.8. The number of ether oxygens (including phenoxy) is 1. The van der Waals surface area contributed by atoms with Gasteiger partial charge in [-0.1, -0.05) is 55.1 Å². The molecule has 10 nitrogen and oxygen atoms in total. The zero-order valence-corrected chi connectivity index (χ0v) is 28.5. The third-order valence-corrected chi connectivity index (χ3v) is 9.34. The van der Waals surface area contributed by atoms with Crippen LogP contribution < -0.4 is 15.5 Å². The minimum absolute atomic E-state index is 0. The molecule has 51 heavy (non-hydrogen) atoms. The molecule has 0 spiro atoms. The van der Waals surface area contributed by atoms with Crippen LogP contribution in [0.25, 0.3) is 5.69 Å². The van der Waals surface area contributed by atoms with Gasteiger partial charge < -0.3 is 15.4 Å². The predicted molar refractivity (Wildman–Crippen MR) is 190 cm³/mol. The standard InChI is InChI=1S/C38H39F3N6O4.2H2/c1-5-46-36-31(24(3)44-47(36)29-15-7-6-8-16-29)32(33(37(46)50)43-35(49)27-13-10-14-28(18-27)38(39,40)41)26-12-9-11-25(17-26)19-42-34(48)23(2)20-45(4)30-21-51-22-30;;/h6-18,30,32-33H,2,5,19-22H2,1,3-4H3,(H,42,48)(H,43,49);2*1H/t32-,33+;;/m1../s1. The van der Waals surface area contributed by atoms with Gasteiger partial charge in [0, 0.05) is 45.1 Å². The number of anilines is 1. The first-order valence-corrected chi connectivity index (χ1v) is 16.6. The summed E-state index contributed by atoms with van der Waals surface area (Å²) in [5, 5.41) is 10.5. The summed E-state index contributed by atoms with van der Waals surface area (Å²) in [7, 11) is 1.92. The Hall–Kier alpha value is -5.27. The number of para-hydroxylation sites is 1. The molecule has 2 atom stereocenters. The fourth-order valence-corrected chi connectivity index (χ4v) is 6.54. The van der Waals surface area contributed by atoms with Gasteiger partial charge >= 0.3 is 6.18 Å². The average molecular weight is 705 g/mol. The number of aromatic nitrogens is 2. The zero-order chi connectivity index (χ0) is 36.4. The fraction of sp³-hybridized carbons (Fsp3) is 0.316. The smallest absolute Gasteiger partial charge is 0.378 e. The Morgan fingerprint density at radius 1 is 1.06 bits per heavy atom. The Kier molecular flexibility index (Phi) is 10.1. The maximum absolute atomic E-state index is 14.4. The van der Waals surface area contributed by atoms with E-state index in [0.717, 1.165) is 29.4 Å². The van der Waals surface area contributed by atoms with Crippen molar-refractivity contribution in [3.05, 3.63) is 125 Å². The first-order chi connectivity index (χ1) is 24.4. The predicted octanol–water partition coefficient (Wildman–Crippen LogP) is 5.49. The van der Waals surface area contributed by atoms with Crippen molar-refractivity contribution in [1.29, 1.82) is 0 Å². The van der Waals surface area contributed by atoms with Gasteiger partial charge in [0.15, 0.2) is 0 Å². The number of benzene rings is 3. The SMILES string of the molecule is C=C(CN(C)C1COC1)C(=O)NCc1cccc([C@@H]2c3c(C)nn(-c4ccccc4)c3N(CC)C(=O)[C@H]2NC(=O)c2cccc(C(F)(F)F)c2)c1.[HH].[HH]. The van der Waals surface area contributed by atoms with Crippen LogP contribution in [0.5, 0.6) is 0 Å². The van der Waals surface area contributed by atoms with E-state index in [1.807, 2.05) is 67.4 Å². The van der Waals surface area contributed by atoms with Gasteiger partial charge in [0.05, 0.1) is 36.2 Å². The zero-order valence-electron chi connectivity index (χ0n) is 28.5. The molecule has 0 aliphatic carbocycles. The highest BCUT2D eigenvalue weighted by Crippen LogP contribution is 2.43. The minimum Gasteiger partial charge on any atom is -0.378 e. The van der Waals surface area contributed by atoms with Crippen LogP contribution in [0.3, 0.4) is 0 Å². The van der Waals surface area contributed by atoms with Gasteiger partial charge in [0.2, 0.25) is 5.91 Å². The van der Waals surface area contributed by atoms with Crippen molar-refractivity contribution >= 4 is 23.5 Å². The molecule has 1 saturated heterocycles. The molecule has 2 N–H and O–H groups in total. The Balaban J connectivity index is 0.00000314. The van der Waals surface area contributed by atoms with Gasteiger partial charge in [0.25, 0.3) is 11.8 Å². The number of carbonyl (C=O) groups is 3. The summed E-state index contributed by atoms with van der Waals surface area (Å²) in [5.41, 5.74) is 2.62. The number of hydrogen-bond donors (Lipinski definition) is 2. The van der Waals surface area contributed by atoms with Crippen molar-refractivity contribution in [2.75, 3.05) is 38.3 Å². The maximum Gasteiger partial charge on any atom is 0.416 e. The molecule has 6 rings (SSSR count). The molecular weight excluding hydrogens is 661 g/mol. The summed E-state index contributed by atoms with van der Waals surface area (Å²) in [6.45, 7) is 9.61. The summed E-state index contributed by atoms with van der Waals surface area (Å²) < 4.78 is 47.6. The Morgan fingerprint density at radius 2 is 1.78 bits per heavy atom. The number of nitrogens with zero attached hydrogens (tertiary/aromatic N) is 4. The molecule has 2 aliphatic heterocycles. The molecule has 0 bridgehead atoms. The molecule has 2 aliphatic rings. The summed E-state index contributed by atoms with van der Waals surface area (Å²) >= 11 is 0. The van der Waals surface area contributed by atoms with E-state index in [0.29, 0.717) is 48.0 Å². The highest BCUT2D eigenvalue weighted by atomic mass is 19.4. The van der Waals surface area contributed by atoms with Crippen molar-refractivity contribution in [2.24, 2.45) is 0 Å². The molecule has 1 fully saturated rings. The average Bonchev–Trinajstić information content (AvgIpc) is 3.43. The van der Waals surface area contributed by atoms with Gasteiger partial charge in [-0.2, -0.15) is 18.3 Å². The molecule has 0 saturated carbocycles. The van der Waals surface area contributed by atoms with E-state index in [1.54, 1.807) is 22.6 Å². The lowest BCUT2D eigenvalue weighted by atomic mass is 9.80. The number of hydrogen-bond acceptors (Lipinski definition) is 6. The summed E-state index contributed by atoms with van der Waals surface area (Å²) in [6.07, 6.45) is -4.65. The number of carbonyl (C=O) groups excluding carboxylic acids is 3. The number of alkyl halides is 3. The highest BCUT2D eigenvalue weighted by molar-refractivity contribution is 6.05. The normalized spacial score (nSPS) is 17.5. The summed E-state index contributed by atoms with van der Waals surface area (Å²) in [5.74, 6) is -1.79. The van der Waals surface area contributed by atoms with E-state index in [-0.39, 0.29) is 33.5 Å². The van der Waals surface area contributed by atoms with Gasteiger partial charge in [-0.3, -0.25) is 24.2 Å². The van der Waals surface area contributed by atoms with E-state index in [9.17, 15) is 27.6 Å². The van der Waals surface area contributed by atoms with E-state index in [1.165, 1.54) is 6.07 Å². The van der Waals surface area contributed by atoms with Crippen molar-refractivity contribution in [1.82, 2.24) is 25.3 Å². The molecule has 270 valence electrons. The maximum atomic E-state index is 14.4. The summed E-state index contributed by atoms with van der Waals surface area (Å²) in [4.78, 5) is 44.6. The molecule has 3 amide bonds. The molecular formula is C38H43F3N6O4. The lowest BCUT2D eigenvalue weighted by molar-refractivity contribution is -0.137. The molecule has 13 heteroatoms. The van der Waals surface area contributed by atoms with E-state index in [4.69, 9.17) is 9.84 Å². The second-order valence-electron chi connectivity index (χ2n) is 12.8. The van der Waals surface area contributed by atoms with Crippen molar-refractivity contribution < 1.29 is 35.1 Å². The molecule has 4 aromatic rings. The van der Waals surface area contributed by atoms with Crippen LogP contribution in [0.2, 0.25) is 0 Å². The number of amides is 3. The first kappa shape index (κ1) is 35.6. The van der Waals surface area contributed by atoms with Gasteiger partial charge in [-0.05, 0) is 62.4 Å². The van der Waals surface area contributed by atoms with E-state index in [2.05, 4.69) is 17.2 Å². The Labute approximate surface area is 296 Å². The van der Waals surface area contributed by atoms with Gasteiger partial charge in [-0.25, -0.2) is 4.68 Å². The topological polar surface area (TPSA) is 109 Å². The molecule has 3 heterocycles. The molecule has 1 aromatic heterocycles. The lowest BCUT2D eigenvalue weighted by Gasteiger charge is -2.38. The van der Waals surface area contributed by atoms with Crippen LogP contribution in [0.15, 0.2) is 91.0 Å².